The Balaban J connectivity index is 1.93. The van der Waals surface area contributed by atoms with E-state index >= 15 is 0 Å². The molecule has 1 saturated carbocycles. The molecule has 1 aromatic rings. The van der Waals surface area contributed by atoms with Crippen molar-refractivity contribution in [1.29, 1.82) is 0 Å². The highest BCUT2D eigenvalue weighted by molar-refractivity contribution is 5.79. The van der Waals surface area contributed by atoms with E-state index < -0.39 is 0 Å². The van der Waals surface area contributed by atoms with Crippen LogP contribution < -0.4 is 4.74 Å². The van der Waals surface area contributed by atoms with Crippen LogP contribution in [0.15, 0.2) is 29.3 Å². The first-order valence-electron chi connectivity index (χ1n) is 6.56. The standard InChI is InChI=1S/C15H21NO/c1-17-15-10-8-13(9-11-15)12-16-14-6-4-2-3-5-7-14/h8-12,14H,2-7H2,1H3. The molecule has 2 rings (SSSR count). The Labute approximate surface area is 104 Å². The largest absolute Gasteiger partial charge is 0.497 e. The lowest BCUT2D eigenvalue weighted by Gasteiger charge is -2.07. The summed E-state index contributed by atoms with van der Waals surface area (Å²) in [5.74, 6) is 0.900. The fourth-order valence-electron chi connectivity index (χ4n) is 2.29. The monoisotopic (exact) mass is 231 g/mol. The molecule has 0 aliphatic heterocycles. The van der Waals surface area contributed by atoms with Gasteiger partial charge in [0.1, 0.15) is 5.75 Å². The highest BCUT2D eigenvalue weighted by Gasteiger charge is 2.09. The average Bonchev–Trinajstić information content (AvgIpc) is 2.65. The van der Waals surface area contributed by atoms with Gasteiger partial charge >= 0.3 is 0 Å². The molecule has 0 N–H and O–H groups in total. The molecule has 2 nitrogen and oxygen atoms in total. The summed E-state index contributed by atoms with van der Waals surface area (Å²) in [6, 6.07) is 8.61. The summed E-state index contributed by atoms with van der Waals surface area (Å²) in [7, 11) is 1.69. The minimum Gasteiger partial charge on any atom is -0.497 e. The number of hydrogen-bond acceptors (Lipinski definition) is 2. The van der Waals surface area contributed by atoms with Gasteiger partial charge in [0.15, 0.2) is 0 Å². The third-order valence-corrected chi connectivity index (χ3v) is 3.37. The maximum absolute atomic E-state index is 5.14. The third-order valence-electron chi connectivity index (χ3n) is 3.37. The van der Waals surface area contributed by atoms with Crippen molar-refractivity contribution >= 4 is 6.21 Å². The van der Waals surface area contributed by atoms with E-state index in [0.717, 1.165) is 11.3 Å². The summed E-state index contributed by atoms with van der Waals surface area (Å²) in [4.78, 5) is 4.70. The molecule has 0 unspecified atom stereocenters. The fourth-order valence-corrected chi connectivity index (χ4v) is 2.29. The van der Waals surface area contributed by atoms with Crippen LogP contribution in [-0.2, 0) is 0 Å². The van der Waals surface area contributed by atoms with Gasteiger partial charge in [-0.25, -0.2) is 0 Å². The van der Waals surface area contributed by atoms with Crippen molar-refractivity contribution in [2.75, 3.05) is 7.11 Å². The van der Waals surface area contributed by atoms with Crippen molar-refractivity contribution in [2.24, 2.45) is 4.99 Å². The molecule has 0 radical (unpaired) electrons. The summed E-state index contributed by atoms with van der Waals surface area (Å²) < 4.78 is 5.14. The second-order valence-electron chi connectivity index (χ2n) is 4.70. The van der Waals surface area contributed by atoms with Crippen molar-refractivity contribution in [1.82, 2.24) is 0 Å². The van der Waals surface area contributed by atoms with Gasteiger partial charge in [-0.1, -0.05) is 25.7 Å². The van der Waals surface area contributed by atoms with Gasteiger partial charge in [0.2, 0.25) is 0 Å². The molecule has 1 aliphatic carbocycles. The lowest BCUT2D eigenvalue weighted by molar-refractivity contribution is 0.415. The van der Waals surface area contributed by atoms with Crippen molar-refractivity contribution < 1.29 is 4.74 Å². The zero-order valence-electron chi connectivity index (χ0n) is 10.6. The van der Waals surface area contributed by atoms with Crippen molar-refractivity contribution in [2.45, 2.75) is 44.6 Å². The maximum Gasteiger partial charge on any atom is 0.118 e. The van der Waals surface area contributed by atoms with E-state index in [4.69, 9.17) is 9.73 Å². The first-order valence-corrected chi connectivity index (χ1v) is 6.56. The minimum atomic E-state index is 0.541. The second kappa shape index (κ2) is 6.43. The van der Waals surface area contributed by atoms with E-state index in [2.05, 4.69) is 12.1 Å². The van der Waals surface area contributed by atoms with Crippen LogP contribution in [-0.4, -0.2) is 19.4 Å². The lowest BCUT2D eigenvalue weighted by atomic mass is 10.1. The fraction of sp³-hybridized carbons (Fsp3) is 0.533. The molecular weight excluding hydrogens is 210 g/mol. The SMILES string of the molecule is COc1ccc(C=NC2CCCCCC2)cc1. The average molecular weight is 231 g/mol. The molecule has 0 bridgehead atoms. The van der Waals surface area contributed by atoms with Gasteiger partial charge in [0, 0.05) is 12.3 Å². The zero-order chi connectivity index (χ0) is 11.9. The topological polar surface area (TPSA) is 21.6 Å². The molecule has 0 spiro atoms. The van der Waals surface area contributed by atoms with Crippen LogP contribution in [0.2, 0.25) is 0 Å². The van der Waals surface area contributed by atoms with Crippen LogP contribution in [0.3, 0.4) is 0 Å². The summed E-state index contributed by atoms with van der Waals surface area (Å²) in [5, 5.41) is 0. The number of aliphatic imine (C=N–C) groups is 1. The first kappa shape index (κ1) is 12.2. The normalized spacial score (nSPS) is 18.2. The highest BCUT2D eigenvalue weighted by Crippen LogP contribution is 2.19. The molecule has 1 aliphatic rings. The number of methoxy groups -OCH3 is 1. The number of ether oxygens (including phenoxy) is 1. The van der Waals surface area contributed by atoms with Crippen LogP contribution in [0.1, 0.15) is 44.1 Å². The molecule has 92 valence electrons. The maximum atomic E-state index is 5.14. The Hall–Kier alpha value is -1.31. The molecule has 1 fully saturated rings. The summed E-state index contributed by atoms with van der Waals surface area (Å²) in [6.07, 6.45) is 9.97. The summed E-state index contributed by atoms with van der Waals surface area (Å²) in [6.45, 7) is 0. The van der Waals surface area contributed by atoms with Crippen molar-refractivity contribution in [3.05, 3.63) is 29.8 Å². The number of benzene rings is 1. The molecule has 17 heavy (non-hydrogen) atoms. The van der Waals surface area contributed by atoms with E-state index in [0.29, 0.717) is 6.04 Å². The first-order chi connectivity index (χ1) is 8.38. The van der Waals surface area contributed by atoms with Crippen LogP contribution >= 0.6 is 0 Å². The number of hydrogen-bond donors (Lipinski definition) is 0. The third kappa shape index (κ3) is 3.88. The summed E-state index contributed by atoms with van der Waals surface area (Å²) >= 11 is 0. The van der Waals surface area contributed by atoms with Crippen LogP contribution in [0.4, 0.5) is 0 Å². The van der Waals surface area contributed by atoms with Gasteiger partial charge < -0.3 is 4.74 Å². The van der Waals surface area contributed by atoms with E-state index in [1.807, 2.05) is 18.3 Å². The molecule has 0 heterocycles. The predicted molar refractivity (Wildman–Crippen MR) is 72.1 cm³/mol. The second-order valence-corrected chi connectivity index (χ2v) is 4.70. The van der Waals surface area contributed by atoms with E-state index in [1.54, 1.807) is 7.11 Å². The molecule has 0 saturated heterocycles. The number of nitrogens with zero attached hydrogens (tertiary/aromatic N) is 1. The minimum absolute atomic E-state index is 0.541. The molecule has 2 heteroatoms. The van der Waals surface area contributed by atoms with Crippen LogP contribution in [0.5, 0.6) is 5.75 Å². The molecular formula is C15H21NO. The Kier molecular flexibility index (Phi) is 4.60. The number of rotatable bonds is 3. The molecule has 0 atom stereocenters. The molecule has 0 aromatic heterocycles. The van der Waals surface area contributed by atoms with E-state index in [-0.39, 0.29) is 0 Å². The van der Waals surface area contributed by atoms with E-state index in [1.165, 1.54) is 38.5 Å². The van der Waals surface area contributed by atoms with Crippen LogP contribution in [0.25, 0.3) is 0 Å². The van der Waals surface area contributed by atoms with Crippen molar-refractivity contribution in [3.63, 3.8) is 0 Å². The highest BCUT2D eigenvalue weighted by atomic mass is 16.5. The van der Waals surface area contributed by atoms with E-state index in [9.17, 15) is 0 Å². The van der Waals surface area contributed by atoms with Crippen molar-refractivity contribution in [3.8, 4) is 5.75 Å². The summed E-state index contributed by atoms with van der Waals surface area (Å²) in [5.41, 5.74) is 1.16. The van der Waals surface area contributed by atoms with Gasteiger partial charge in [-0.3, -0.25) is 4.99 Å². The van der Waals surface area contributed by atoms with Crippen LogP contribution in [0, 0.1) is 0 Å². The Bertz CT molecular complexity index is 348. The molecule has 1 aromatic carbocycles. The van der Waals surface area contributed by atoms with Gasteiger partial charge in [0.05, 0.1) is 7.11 Å². The van der Waals surface area contributed by atoms with Gasteiger partial charge in [-0.2, -0.15) is 0 Å². The predicted octanol–water partition coefficient (Wildman–Crippen LogP) is 3.84. The Morgan fingerprint density at radius 1 is 1.06 bits per heavy atom. The quantitative estimate of drug-likeness (QED) is 0.572. The van der Waals surface area contributed by atoms with Gasteiger partial charge in [0.25, 0.3) is 0 Å². The Morgan fingerprint density at radius 3 is 2.29 bits per heavy atom. The van der Waals surface area contributed by atoms with Gasteiger partial charge in [-0.15, -0.1) is 0 Å². The molecule has 0 amide bonds. The Morgan fingerprint density at radius 2 is 1.71 bits per heavy atom. The van der Waals surface area contributed by atoms with Gasteiger partial charge in [-0.05, 0) is 42.7 Å². The lowest BCUT2D eigenvalue weighted by Crippen LogP contribution is -2.02. The zero-order valence-corrected chi connectivity index (χ0v) is 10.6. The smallest absolute Gasteiger partial charge is 0.118 e.